The van der Waals surface area contributed by atoms with Crippen molar-refractivity contribution in [2.45, 2.75) is 89.9 Å². The lowest BCUT2D eigenvalue weighted by Crippen LogP contribution is -2.54. The number of rotatable bonds is 9. The summed E-state index contributed by atoms with van der Waals surface area (Å²) in [5, 5.41) is 25.2. The van der Waals surface area contributed by atoms with Gasteiger partial charge < -0.3 is 25.4 Å². The van der Waals surface area contributed by atoms with Gasteiger partial charge >= 0.3 is 6.09 Å². The summed E-state index contributed by atoms with van der Waals surface area (Å²) >= 11 is 0. The molecule has 214 valence electrons. The van der Waals surface area contributed by atoms with Gasteiger partial charge in [0.2, 0.25) is 11.8 Å². The molecule has 2 aromatic carbocycles. The van der Waals surface area contributed by atoms with E-state index in [2.05, 4.69) is 10.6 Å². The summed E-state index contributed by atoms with van der Waals surface area (Å²) in [5.41, 5.74) is 1.43. The number of nitrogens with one attached hydrogen (secondary N) is 2. The van der Waals surface area contributed by atoms with Crippen LogP contribution in [0.15, 0.2) is 48.5 Å². The van der Waals surface area contributed by atoms with Crippen molar-refractivity contribution in [3.63, 3.8) is 0 Å². The summed E-state index contributed by atoms with van der Waals surface area (Å²) in [6.07, 6.45) is 4.17. The molecule has 0 saturated heterocycles. The van der Waals surface area contributed by atoms with Crippen molar-refractivity contribution in [3.8, 4) is 11.8 Å². The van der Waals surface area contributed by atoms with Gasteiger partial charge in [-0.2, -0.15) is 5.26 Å². The van der Waals surface area contributed by atoms with Crippen LogP contribution in [-0.2, 0) is 20.7 Å². The fraction of sp³-hybridized carbons (Fsp3) is 0.484. The van der Waals surface area contributed by atoms with E-state index >= 15 is 0 Å². The van der Waals surface area contributed by atoms with E-state index in [1.54, 1.807) is 45.0 Å². The minimum Gasteiger partial charge on any atom is -0.508 e. The van der Waals surface area contributed by atoms with E-state index in [0.717, 1.165) is 37.7 Å². The number of phenols is 1. The molecule has 0 spiro atoms. The van der Waals surface area contributed by atoms with Gasteiger partial charge in [0.1, 0.15) is 30.0 Å². The summed E-state index contributed by atoms with van der Waals surface area (Å²) in [5.74, 6) is -0.887. The molecule has 2 atom stereocenters. The second kappa shape index (κ2) is 13.8. The predicted molar refractivity (Wildman–Crippen MR) is 151 cm³/mol. The Morgan fingerprint density at radius 1 is 1.05 bits per heavy atom. The monoisotopic (exact) mass is 548 g/mol. The van der Waals surface area contributed by atoms with Crippen LogP contribution in [0.4, 0.5) is 4.79 Å². The number of nitriles is 1. The van der Waals surface area contributed by atoms with Crippen LogP contribution >= 0.6 is 0 Å². The maximum Gasteiger partial charge on any atom is 0.408 e. The van der Waals surface area contributed by atoms with E-state index in [-0.39, 0.29) is 30.7 Å². The lowest BCUT2D eigenvalue weighted by atomic mass is 9.94. The van der Waals surface area contributed by atoms with Gasteiger partial charge in [-0.15, -0.1) is 0 Å². The van der Waals surface area contributed by atoms with Crippen LogP contribution in [0.25, 0.3) is 0 Å². The van der Waals surface area contributed by atoms with Crippen molar-refractivity contribution >= 4 is 17.9 Å². The molecule has 1 aliphatic carbocycles. The van der Waals surface area contributed by atoms with Crippen LogP contribution in [0.5, 0.6) is 5.75 Å². The largest absolute Gasteiger partial charge is 0.508 e. The summed E-state index contributed by atoms with van der Waals surface area (Å²) in [7, 11) is 0. The van der Waals surface area contributed by atoms with Crippen LogP contribution in [0.1, 0.15) is 75.6 Å². The van der Waals surface area contributed by atoms with E-state index in [1.165, 1.54) is 17.0 Å². The van der Waals surface area contributed by atoms with Crippen LogP contribution in [0, 0.1) is 18.3 Å². The van der Waals surface area contributed by atoms with Gasteiger partial charge in [-0.3, -0.25) is 9.59 Å². The Bertz CT molecular complexity index is 1190. The highest BCUT2D eigenvalue weighted by molar-refractivity contribution is 5.92. The summed E-state index contributed by atoms with van der Waals surface area (Å²) in [6.45, 7) is 6.71. The summed E-state index contributed by atoms with van der Waals surface area (Å²) < 4.78 is 5.42. The molecule has 1 saturated carbocycles. The number of aromatic hydroxyl groups is 1. The van der Waals surface area contributed by atoms with Gasteiger partial charge in [-0.25, -0.2) is 4.79 Å². The zero-order chi connectivity index (χ0) is 29.3. The molecule has 3 amide bonds. The van der Waals surface area contributed by atoms with Gasteiger partial charge in [0.05, 0.1) is 6.07 Å². The Labute approximate surface area is 236 Å². The molecular weight excluding hydrogens is 508 g/mol. The van der Waals surface area contributed by atoms with E-state index < -0.39 is 29.7 Å². The first-order valence-corrected chi connectivity index (χ1v) is 13.8. The van der Waals surface area contributed by atoms with Crippen LogP contribution < -0.4 is 10.6 Å². The second-order valence-electron chi connectivity index (χ2n) is 11.4. The average Bonchev–Trinajstić information content (AvgIpc) is 2.89. The van der Waals surface area contributed by atoms with Crippen LogP contribution in [-0.4, -0.2) is 52.1 Å². The minimum atomic E-state index is -1.14. The maximum atomic E-state index is 14.2. The van der Waals surface area contributed by atoms with Crippen LogP contribution in [0.3, 0.4) is 0 Å². The third-order valence-electron chi connectivity index (χ3n) is 6.79. The maximum absolute atomic E-state index is 14.2. The van der Waals surface area contributed by atoms with E-state index in [9.17, 15) is 24.8 Å². The Morgan fingerprint density at radius 2 is 1.68 bits per heavy atom. The minimum absolute atomic E-state index is 0.000850. The highest BCUT2D eigenvalue weighted by atomic mass is 16.6. The van der Waals surface area contributed by atoms with Crippen molar-refractivity contribution < 1.29 is 24.2 Å². The molecule has 9 nitrogen and oxygen atoms in total. The smallest absolute Gasteiger partial charge is 0.408 e. The lowest BCUT2D eigenvalue weighted by Gasteiger charge is -2.34. The molecule has 3 rings (SSSR count). The topological polar surface area (TPSA) is 132 Å². The Kier molecular flexibility index (Phi) is 10.5. The van der Waals surface area contributed by atoms with Crippen molar-refractivity contribution in [2.75, 3.05) is 6.54 Å². The van der Waals surface area contributed by atoms with E-state index in [1.807, 2.05) is 25.1 Å². The van der Waals surface area contributed by atoms with Gasteiger partial charge in [0.15, 0.2) is 0 Å². The molecule has 2 aromatic rings. The highest BCUT2D eigenvalue weighted by Gasteiger charge is 2.37. The number of benzene rings is 2. The number of phenolic OH excluding ortho intramolecular Hbond substituents is 1. The van der Waals surface area contributed by atoms with Gasteiger partial charge in [0, 0.05) is 12.5 Å². The van der Waals surface area contributed by atoms with Crippen molar-refractivity contribution in [3.05, 3.63) is 65.2 Å². The Balaban J connectivity index is 1.98. The first kappa shape index (κ1) is 30.5. The second-order valence-corrected chi connectivity index (χ2v) is 11.4. The van der Waals surface area contributed by atoms with E-state index in [4.69, 9.17) is 4.74 Å². The quantitative estimate of drug-likeness (QED) is 0.390. The summed E-state index contributed by atoms with van der Waals surface area (Å²) in [6, 6.07) is 13.4. The molecule has 2 unspecified atom stereocenters. The van der Waals surface area contributed by atoms with Gasteiger partial charge in [0.25, 0.3) is 0 Å². The Hall–Kier alpha value is -4.06. The molecular formula is C31H40N4O5. The molecule has 1 fully saturated rings. The molecule has 40 heavy (non-hydrogen) atoms. The molecule has 3 N–H and O–H groups in total. The third-order valence-corrected chi connectivity index (χ3v) is 6.79. The van der Waals surface area contributed by atoms with Gasteiger partial charge in [-0.1, -0.05) is 61.2 Å². The summed E-state index contributed by atoms with van der Waals surface area (Å²) in [4.78, 5) is 42.0. The number of nitrogens with zero attached hydrogens (tertiary/aromatic N) is 2. The molecule has 0 bridgehead atoms. The van der Waals surface area contributed by atoms with E-state index in [0.29, 0.717) is 11.1 Å². The molecule has 0 aliphatic heterocycles. The number of hydrogen-bond acceptors (Lipinski definition) is 6. The molecule has 0 aromatic heterocycles. The standard InChI is InChI=1S/C31H40N4O5/c1-21-10-14-23(15-11-21)27(28(37)33-24-8-6-5-7-9-24)35(19-18-32)29(38)26(34-30(39)40-31(2,3)4)20-22-12-16-25(36)17-13-22/h10-17,24,26-27,36H,5-9,19-20H2,1-4H3,(H,33,37)(H,34,39). The first-order valence-electron chi connectivity index (χ1n) is 13.8. The number of carbonyl (C=O) groups excluding carboxylic acids is 3. The number of aryl methyl sites for hydroxylation is 1. The third kappa shape index (κ3) is 9.01. The number of ether oxygens (including phenoxy) is 1. The highest BCUT2D eigenvalue weighted by Crippen LogP contribution is 2.26. The van der Waals surface area contributed by atoms with Crippen molar-refractivity contribution in [1.82, 2.24) is 15.5 Å². The first-order chi connectivity index (χ1) is 19.0. The lowest BCUT2D eigenvalue weighted by molar-refractivity contribution is -0.142. The zero-order valence-corrected chi connectivity index (χ0v) is 23.8. The molecule has 0 radical (unpaired) electrons. The Morgan fingerprint density at radius 3 is 2.25 bits per heavy atom. The molecule has 1 aliphatic rings. The van der Waals surface area contributed by atoms with Gasteiger partial charge in [-0.05, 0) is 63.8 Å². The molecule has 9 heteroatoms. The number of amides is 3. The predicted octanol–water partition coefficient (Wildman–Crippen LogP) is 4.68. The average molecular weight is 549 g/mol. The normalized spacial score (nSPS) is 15.3. The fourth-order valence-corrected chi connectivity index (χ4v) is 4.84. The molecule has 0 heterocycles. The van der Waals surface area contributed by atoms with Crippen molar-refractivity contribution in [2.24, 2.45) is 0 Å². The zero-order valence-electron chi connectivity index (χ0n) is 23.8. The van der Waals surface area contributed by atoms with Crippen LogP contribution in [0.2, 0.25) is 0 Å². The fourth-order valence-electron chi connectivity index (χ4n) is 4.84. The number of hydrogen-bond donors (Lipinski definition) is 3. The van der Waals surface area contributed by atoms with Crippen molar-refractivity contribution in [1.29, 1.82) is 5.26 Å². The number of carbonyl (C=O) groups is 3. The SMILES string of the molecule is Cc1ccc(C(C(=O)NC2CCCCC2)N(CC#N)C(=O)C(Cc2ccc(O)cc2)NC(=O)OC(C)(C)C)cc1. The number of alkyl carbamates (subject to hydrolysis) is 1.